The fourth-order valence-corrected chi connectivity index (χ4v) is 3.01. The maximum absolute atomic E-state index is 5.63. The van der Waals surface area contributed by atoms with Gasteiger partial charge in [-0.2, -0.15) is 0 Å². The summed E-state index contributed by atoms with van der Waals surface area (Å²) in [4.78, 5) is 4.58. The highest BCUT2D eigenvalue weighted by atomic mass is 127. The summed E-state index contributed by atoms with van der Waals surface area (Å²) in [7, 11) is 0. The van der Waals surface area contributed by atoms with Crippen molar-refractivity contribution in [2.75, 3.05) is 32.8 Å². The maximum atomic E-state index is 5.63. The lowest BCUT2D eigenvalue weighted by molar-refractivity contribution is 0.130. The predicted octanol–water partition coefficient (Wildman–Crippen LogP) is 2.78. The van der Waals surface area contributed by atoms with Gasteiger partial charge in [0.25, 0.3) is 0 Å². The van der Waals surface area contributed by atoms with Crippen LogP contribution >= 0.6 is 24.0 Å². The van der Waals surface area contributed by atoms with E-state index >= 15 is 0 Å². The summed E-state index contributed by atoms with van der Waals surface area (Å²) in [5.74, 6) is 3.76. The Labute approximate surface area is 181 Å². The number of aromatic nitrogens is 3. The molecule has 0 spiro atoms. The number of aliphatic imine (C=N–C) groups is 1. The molecule has 0 unspecified atom stereocenters. The van der Waals surface area contributed by atoms with Gasteiger partial charge >= 0.3 is 0 Å². The van der Waals surface area contributed by atoms with Crippen LogP contribution in [-0.4, -0.2) is 53.6 Å². The number of hydrogen-bond donors (Lipinski definition) is 2. The maximum Gasteiger partial charge on any atom is 0.191 e. The molecule has 1 aliphatic rings. The number of guanidine groups is 1. The molecule has 7 nitrogen and oxygen atoms in total. The highest BCUT2D eigenvalue weighted by Gasteiger charge is 2.14. The van der Waals surface area contributed by atoms with Crippen molar-refractivity contribution in [3.05, 3.63) is 11.6 Å². The molecule has 0 saturated heterocycles. The Morgan fingerprint density at radius 2 is 2.04 bits per heavy atom. The summed E-state index contributed by atoms with van der Waals surface area (Å²) in [5, 5.41) is 15.4. The third-order valence-corrected chi connectivity index (χ3v) is 4.52. The molecule has 27 heavy (non-hydrogen) atoms. The van der Waals surface area contributed by atoms with E-state index in [1.54, 1.807) is 0 Å². The monoisotopic (exact) mass is 492 g/mol. The van der Waals surface area contributed by atoms with Crippen LogP contribution in [0.3, 0.4) is 0 Å². The van der Waals surface area contributed by atoms with E-state index in [0.717, 1.165) is 63.1 Å². The molecular weight excluding hydrogens is 455 g/mol. The molecule has 0 radical (unpaired) electrons. The Morgan fingerprint density at radius 3 is 2.81 bits per heavy atom. The van der Waals surface area contributed by atoms with Gasteiger partial charge in [-0.1, -0.05) is 20.3 Å². The van der Waals surface area contributed by atoms with Gasteiger partial charge in [-0.3, -0.25) is 4.99 Å². The molecule has 0 aliphatic carbocycles. The summed E-state index contributed by atoms with van der Waals surface area (Å²) in [6.45, 7) is 11.4. The number of hydrogen-bond acceptors (Lipinski definition) is 4. The molecule has 0 bridgehead atoms. The molecule has 0 saturated carbocycles. The Hall–Kier alpha value is -0.900. The zero-order valence-corrected chi connectivity index (χ0v) is 19.5. The van der Waals surface area contributed by atoms with Gasteiger partial charge in [-0.15, -0.1) is 34.2 Å². The molecular formula is C19H37IN6O. The quantitative estimate of drug-likeness (QED) is 0.227. The largest absolute Gasteiger partial charge is 0.380 e. The first-order chi connectivity index (χ1) is 12.7. The van der Waals surface area contributed by atoms with E-state index in [-0.39, 0.29) is 24.0 Å². The summed E-state index contributed by atoms with van der Waals surface area (Å²) in [5.41, 5.74) is 0. The fraction of sp³-hybridized carbons (Fsp3) is 0.842. The van der Waals surface area contributed by atoms with E-state index in [1.165, 1.54) is 19.3 Å². The van der Waals surface area contributed by atoms with E-state index in [9.17, 15) is 0 Å². The van der Waals surface area contributed by atoms with Crippen LogP contribution in [0, 0.1) is 5.92 Å². The molecule has 1 aromatic rings. The minimum Gasteiger partial charge on any atom is -0.380 e. The van der Waals surface area contributed by atoms with Crippen molar-refractivity contribution < 1.29 is 4.74 Å². The molecule has 2 N–H and O–H groups in total. The Balaban J connectivity index is 0.00000364. The average molecular weight is 492 g/mol. The van der Waals surface area contributed by atoms with Crippen molar-refractivity contribution in [1.82, 2.24) is 25.4 Å². The van der Waals surface area contributed by atoms with Crippen molar-refractivity contribution in [1.29, 1.82) is 0 Å². The molecule has 8 heteroatoms. The third-order valence-electron chi connectivity index (χ3n) is 4.52. The molecule has 2 rings (SSSR count). The van der Waals surface area contributed by atoms with Gasteiger partial charge in [-0.25, -0.2) is 0 Å². The van der Waals surface area contributed by atoms with E-state index in [4.69, 9.17) is 4.74 Å². The second-order valence-corrected chi connectivity index (χ2v) is 7.23. The SMILES string of the molecule is CCNC(=NCCOCCC(C)C)NCCc1nnc2n1CCCCC2.I. The van der Waals surface area contributed by atoms with Gasteiger partial charge in [0, 0.05) is 39.1 Å². The van der Waals surface area contributed by atoms with Crippen LogP contribution < -0.4 is 10.6 Å². The highest BCUT2D eigenvalue weighted by molar-refractivity contribution is 14.0. The lowest BCUT2D eigenvalue weighted by Crippen LogP contribution is -2.38. The number of aryl methyl sites for hydroxylation is 1. The first-order valence-corrected chi connectivity index (χ1v) is 10.2. The third kappa shape index (κ3) is 9.23. The molecule has 1 aliphatic heterocycles. The Kier molecular flexibility index (Phi) is 12.6. The van der Waals surface area contributed by atoms with Crippen LogP contribution in [0.4, 0.5) is 0 Å². The standard InChI is InChI=1S/C19H36N6O.HI/c1-4-20-19(22-12-15-26-14-10-16(2)3)21-11-9-18-24-23-17-8-6-5-7-13-25(17)18;/h16H,4-15H2,1-3H3,(H2,20,21,22);1H. The van der Waals surface area contributed by atoms with Crippen molar-refractivity contribution in [2.45, 2.75) is 65.8 Å². The minimum absolute atomic E-state index is 0. The first kappa shape index (κ1) is 24.1. The van der Waals surface area contributed by atoms with Gasteiger partial charge < -0.3 is 19.9 Å². The topological polar surface area (TPSA) is 76.4 Å². The second-order valence-electron chi connectivity index (χ2n) is 7.23. The van der Waals surface area contributed by atoms with Gasteiger partial charge in [0.1, 0.15) is 11.6 Å². The van der Waals surface area contributed by atoms with Crippen molar-refractivity contribution in [3.63, 3.8) is 0 Å². The number of rotatable bonds is 10. The number of nitrogens with one attached hydrogen (secondary N) is 2. The number of ether oxygens (including phenoxy) is 1. The van der Waals surface area contributed by atoms with Crippen LogP contribution in [0.25, 0.3) is 0 Å². The van der Waals surface area contributed by atoms with Crippen LogP contribution in [0.5, 0.6) is 0 Å². The fourth-order valence-electron chi connectivity index (χ4n) is 3.01. The van der Waals surface area contributed by atoms with E-state index in [1.807, 2.05) is 0 Å². The second kappa shape index (κ2) is 14.1. The van der Waals surface area contributed by atoms with Gasteiger partial charge in [0.05, 0.1) is 13.2 Å². The molecule has 2 heterocycles. The lowest BCUT2D eigenvalue weighted by atomic mass is 10.1. The van der Waals surface area contributed by atoms with Crippen LogP contribution in [-0.2, 0) is 24.1 Å². The lowest BCUT2D eigenvalue weighted by Gasteiger charge is -2.12. The molecule has 0 fully saturated rings. The number of fused-ring (bicyclic) bond motifs is 1. The van der Waals surface area contributed by atoms with Gasteiger partial charge in [0.2, 0.25) is 0 Å². The first-order valence-electron chi connectivity index (χ1n) is 10.2. The van der Waals surface area contributed by atoms with Gasteiger partial charge in [0.15, 0.2) is 5.96 Å². The zero-order chi connectivity index (χ0) is 18.6. The summed E-state index contributed by atoms with van der Waals surface area (Å²) < 4.78 is 7.93. The van der Waals surface area contributed by atoms with Crippen LogP contribution in [0.2, 0.25) is 0 Å². The van der Waals surface area contributed by atoms with Crippen molar-refractivity contribution >= 4 is 29.9 Å². The zero-order valence-electron chi connectivity index (χ0n) is 17.2. The van der Waals surface area contributed by atoms with E-state index in [2.05, 4.69) is 51.2 Å². The Morgan fingerprint density at radius 1 is 1.19 bits per heavy atom. The molecule has 0 aromatic carbocycles. The van der Waals surface area contributed by atoms with Crippen LogP contribution in [0.15, 0.2) is 4.99 Å². The number of nitrogens with zero attached hydrogens (tertiary/aromatic N) is 4. The van der Waals surface area contributed by atoms with Crippen molar-refractivity contribution in [2.24, 2.45) is 10.9 Å². The van der Waals surface area contributed by atoms with Crippen LogP contribution in [0.1, 0.15) is 58.1 Å². The Bertz CT molecular complexity index is 546. The molecule has 156 valence electrons. The summed E-state index contributed by atoms with van der Waals surface area (Å²) in [6.07, 6.45) is 6.77. The average Bonchev–Trinajstić information content (AvgIpc) is 2.84. The summed E-state index contributed by atoms with van der Waals surface area (Å²) in [6, 6.07) is 0. The van der Waals surface area contributed by atoms with Crippen molar-refractivity contribution in [3.8, 4) is 0 Å². The van der Waals surface area contributed by atoms with E-state index < -0.39 is 0 Å². The smallest absolute Gasteiger partial charge is 0.191 e. The minimum atomic E-state index is 0. The normalized spacial score (nSPS) is 14.4. The predicted molar refractivity (Wildman–Crippen MR) is 121 cm³/mol. The van der Waals surface area contributed by atoms with E-state index in [0.29, 0.717) is 19.1 Å². The molecule has 1 aromatic heterocycles. The number of halogens is 1. The van der Waals surface area contributed by atoms with Gasteiger partial charge in [-0.05, 0) is 32.1 Å². The highest BCUT2D eigenvalue weighted by Crippen LogP contribution is 2.14. The molecule has 0 atom stereocenters. The summed E-state index contributed by atoms with van der Waals surface area (Å²) >= 11 is 0. The molecule has 0 amide bonds.